The molecule has 2 N–H and O–H groups in total. The van der Waals surface area contributed by atoms with Crippen molar-refractivity contribution < 1.29 is 0 Å². The molecule has 68 valence electrons. The molecule has 0 atom stereocenters. The molecule has 0 aromatic heterocycles. The molecule has 0 unspecified atom stereocenters. The molecule has 0 spiro atoms. The average Bonchev–Trinajstić information content (AvgIpc) is 2.16. The summed E-state index contributed by atoms with van der Waals surface area (Å²) in [5.74, 6) is 0. The van der Waals surface area contributed by atoms with Crippen LogP contribution in [-0.2, 0) is 0 Å². The molecule has 0 bridgehead atoms. The molecule has 0 aliphatic rings. The molecule has 0 saturated heterocycles. The fourth-order valence-electron chi connectivity index (χ4n) is 1.12. The van der Waals surface area contributed by atoms with E-state index in [1.807, 2.05) is 48.4 Å². The first-order valence-corrected chi connectivity index (χ1v) is 4.17. The molecule has 13 heavy (non-hydrogen) atoms. The lowest BCUT2D eigenvalue weighted by atomic mass is 10.2. The van der Waals surface area contributed by atoms with Gasteiger partial charge in [0, 0.05) is 12.4 Å². The Bertz CT molecular complexity index is 316. The zero-order valence-electron chi connectivity index (χ0n) is 7.77. The second kappa shape index (κ2) is 4.36. The van der Waals surface area contributed by atoms with Crippen LogP contribution in [0.1, 0.15) is 6.92 Å². The largest absolute Gasteiger partial charge is 0.397 e. The topological polar surface area (TPSA) is 29.3 Å². The van der Waals surface area contributed by atoms with Gasteiger partial charge in [-0.1, -0.05) is 24.8 Å². The van der Waals surface area contributed by atoms with Crippen molar-refractivity contribution in [1.29, 1.82) is 0 Å². The Balaban J connectivity index is 3.04. The SMILES string of the molecule is C=CN(/C=C\C)c1ccccc1N. The summed E-state index contributed by atoms with van der Waals surface area (Å²) in [6.07, 6.45) is 5.58. The quantitative estimate of drug-likeness (QED) is 0.714. The predicted molar refractivity (Wildman–Crippen MR) is 58.3 cm³/mol. The molecule has 0 aliphatic heterocycles. The fraction of sp³-hybridized carbons (Fsp3) is 0.0909. The van der Waals surface area contributed by atoms with Gasteiger partial charge in [-0.05, 0) is 19.1 Å². The summed E-state index contributed by atoms with van der Waals surface area (Å²) in [5, 5.41) is 0. The van der Waals surface area contributed by atoms with Gasteiger partial charge in [0.1, 0.15) is 0 Å². The van der Waals surface area contributed by atoms with Crippen molar-refractivity contribution in [2.45, 2.75) is 6.92 Å². The van der Waals surface area contributed by atoms with Gasteiger partial charge < -0.3 is 10.6 Å². The minimum atomic E-state index is 0.750. The van der Waals surface area contributed by atoms with Crippen LogP contribution in [0.4, 0.5) is 11.4 Å². The van der Waals surface area contributed by atoms with Gasteiger partial charge in [0.15, 0.2) is 0 Å². The lowest BCUT2D eigenvalue weighted by molar-refractivity contribution is 1.28. The second-order valence-electron chi connectivity index (χ2n) is 2.63. The van der Waals surface area contributed by atoms with Crippen LogP contribution in [0, 0.1) is 0 Å². The van der Waals surface area contributed by atoms with Gasteiger partial charge in [0.2, 0.25) is 0 Å². The number of hydrogen-bond donors (Lipinski definition) is 1. The lowest BCUT2D eigenvalue weighted by Gasteiger charge is -2.16. The van der Waals surface area contributed by atoms with E-state index in [-0.39, 0.29) is 0 Å². The number of hydrogen-bond acceptors (Lipinski definition) is 2. The Hall–Kier alpha value is -1.70. The highest BCUT2D eigenvalue weighted by atomic mass is 15.1. The summed E-state index contributed by atoms with van der Waals surface area (Å²) in [7, 11) is 0. The maximum Gasteiger partial charge on any atom is 0.0680 e. The van der Waals surface area contributed by atoms with Gasteiger partial charge in [0.25, 0.3) is 0 Å². The summed E-state index contributed by atoms with van der Waals surface area (Å²) >= 11 is 0. The van der Waals surface area contributed by atoms with Gasteiger partial charge in [-0.3, -0.25) is 0 Å². The summed E-state index contributed by atoms with van der Waals surface area (Å²) in [4.78, 5) is 1.88. The van der Waals surface area contributed by atoms with Crippen molar-refractivity contribution in [1.82, 2.24) is 0 Å². The van der Waals surface area contributed by atoms with E-state index in [0.717, 1.165) is 11.4 Å². The van der Waals surface area contributed by atoms with Crippen molar-refractivity contribution >= 4 is 11.4 Å². The fourth-order valence-corrected chi connectivity index (χ4v) is 1.12. The normalized spacial score (nSPS) is 10.2. The third kappa shape index (κ3) is 2.12. The highest BCUT2D eigenvalue weighted by Gasteiger charge is 2.00. The molecule has 0 aliphatic carbocycles. The Morgan fingerprint density at radius 1 is 1.38 bits per heavy atom. The summed E-state index contributed by atoms with van der Waals surface area (Å²) < 4.78 is 0. The molecule has 1 aromatic carbocycles. The van der Waals surface area contributed by atoms with Crippen LogP contribution < -0.4 is 10.6 Å². The highest BCUT2D eigenvalue weighted by molar-refractivity contribution is 5.69. The molecule has 2 heteroatoms. The van der Waals surface area contributed by atoms with Crippen LogP contribution in [0.3, 0.4) is 0 Å². The Morgan fingerprint density at radius 3 is 2.62 bits per heavy atom. The second-order valence-corrected chi connectivity index (χ2v) is 2.63. The van der Waals surface area contributed by atoms with E-state index in [9.17, 15) is 0 Å². The summed E-state index contributed by atoms with van der Waals surface area (Å²) in [5.41, 5.74) is 7.51. The predicted octanol–water partition coefficient (Wildman–Crippen LogP) is 2.75. The van der Waals surface area contributed by atoms with Gasteiger partial charge in [-0.15, -0.1) is 0 Å². The van der Waals surface area contributed by atoms with Crippen molar-refractivity contribution in [3.05, 3.63) is 49.3 Å². The van der Waals surface area contributed by atoms with E-state index in [4.69, 9.17) is 5.73 Å². The van der Waals surface area contributed by atoms with E-state index in [1.54, 1.807) is 6.20 Å². The standard InChI is InChI=1S/C11H14N2/c1-3-9-13(4-2)11-8-6-5-7-10(11)12/h3-9H,2,12H2,1H3/b9-3-. The third-order valence-electron chi connectivity index (χ3n) is 1.72. The number of nitrogens with zero attached hydrogens (tertiary/aromatic N) is 1. The smallest absolute Gasteiger partial charge is 0.0680 e. The van der Waals surface area contributed by atoms with Crippen molar-refractivity contribution in [3.8, 4) is 0 Å². The average molecular weight is 174 g/mol. The number of rotatable bonds is 3. The van der Waals surface area contributed by atoms with Crippen LogP contribution in [0.5, 0.6) is 0 Å². The van der Waals surface area contributed by atoms with E-state index in [0.29, 0.717) is 0 Å². The molecule has 2 nitrogen and oxygen atoms in total. The minimum absolute atomic E-state index is 0.750. The van der Waals surface area contributed by atoms with E-state index < -0.39 is 0 Å². The zero-order chi connectivity index (χ0) is 9.68. The minimum Gasteiger partial charge on any atom is -0.397 e. The first-order valence-electron chi connectivity index (χ1n) is 4.17. The van der Waals surface area contributed by atoms with E-state index >= 15 is 0 Å². The zero-order valence-corrected chi connectivity index (χ0v) is 7.77. The van der Waals surface area contributed by atoms with Gasteiger partial charge in [0.05, 0.1) is 11.4 Å². The summed E-state index contributed by atoms with van der Waals surface area (Å²) in [6, 6.07) is 7.69. The molecular weight excluding hydrogens is 160 g/mol. The maximum absolute atomic E-state index is 5.80. The first kappa shape index (κ1) is 9.39. The lowest BCUT2D eigenvalue weighted by Crippen LogP contribution is -2.08. The Labute approximate surface area is 79.0 Å². The van der Waals surface area contributed by atoms with Crippen LogP contribution in [-0.4, -0.2) is 0 Å². The Morgan fingerprint density at radius 2 is 2.08 bits per heavy atom. The molecule has 1 aromatic rings. The molecular formula is C11H14N2. The number of para-hydroxylation sites is 2. The molecule has 0 saturated carbocycles. The number of nitrogen functional groups attached to an aromatic ring is 1. The molecule has 0 amide bonds. The number of benzene rings is 1. The van der Waals surface area contributed by atoms with Crippen molar-refractivity contribution in [3.63, 3.8) is 0 Å². The van der Waals surface area contributed by atoms with Gasteiger partial charge in [-0.25, -0.2) is 0 Å². The first-order chi connectivity index (χ1) is 6.29. The van der Waals surface area contributed by atoms with Crippen LogP contribution >= 0.6 is 0 Å². The maximum atomic E-state index is 5.80. The Kier molecular flexibility index (Phi) is 3.15. The van der Waals surface area contributed by atoms with Crippen LogP contribution in [0.25, 0.3) is 0 Å². The third-order valence-corrected chi connectivity index (χ3v) is 1.72. The van der Waals surface area contributed by atoms with E-state index in [2.05, 4.69) is 6.58 Å². The number of nitrogens with two attached hydrogens (primary N) is 1. The summed E-state index contributed by atoms with van der Waals surface area (Å²) in [6.45, 7) is 5.67. The van der Waals surface area contributed by atoms with Crippen molar-refractivity contribution in [2.75, 3.05) is 10.6 Å². The van der Waals surface area contributed by atoms with Crippen molar-refractivity contribution in [2.24, 2.45) is 0 Å². The monoisotopic (exact) mass is 174 g/mol. The van der Waals surface area contributed by atoms with E-state index in [1.165, 1.54) is 0 Å². The van der Waals surface area contributed by atoms with Crippen LogP contribution in [0.2, 0.25) is 0 Å². The van der Waals surface area contributed by atoms with Gasteiger partial charge in [-0.2, -0.15) is 0 Å². The van der Waals surface area contributed by atoms with Gasteiger partial charge >= 0.3 is 0 Å². The highest BCUT2D eigenvalue weighted by Crippen LogP contribution is 2.22. The van der Waals surface area contributed by atoms with Crippen LogP contribution in [0.15, 0.2) is 49.3 Å². The molecule has 0 heterocycles. The molecule has 1 rings (SSSR count). The number of allylic oxidation sites excluding steroid dienone is 1. The molecule has 0 fully saturated rings. The number of anilines is 2. The molecule has 0 radical (unpaired) electrons.